The van der Waals surface area contributed by atoms with Crippen molar-refractivity contribution < 1.29 is 38.1 Å². The van der Waals surface area contributed by atoms with Crippen molar-refractivity contribution in [3.05, 3.63) is 59.7 Å². The first kappa shape index (κ1) is 31.3. The number of benzene rings is 2. The highest BCUT2D eigenvalue weighted by molar-refractivity contribution is 6.04. The van der Waals surface area contributed by atoms with Gasteiger partial charge >= 0.3 is 23.9 Å². The maximum Gasteiger partial charge on any atom is 0.323 e. The van der Waals surface area contributed by atoms with Gasteiger partial charge in [0.15, 0.2) is 11.3 Å². The van der Waals surface area contributed by atoms with E-state index in [1.165, 1.54) is 28.4 Å². The van der Waals surface area contributed by atoms with Gasteiger partial charge in [-0.05, 0) is 79.3 Å². The predicted octanol–water partition coefficient (Wildman–Crippen LogP) is 4.07. The van der Waals surface area contributed by atoms with Gasteiger partial charge < -0.3 is 28.7 Å². The summed E-state index contributed by atoms with van der Waals surface area (Å²) in [6.45, 7) is 3.92. The number of carbonyl (C=O) groups excluding carboxylic acids is 4. The largest absolute Gasteiger partial charge is 0.468 e. The van der Waals surface area contributed by atoms with Gasteiger partial charge in [-0.15, -0.1) is 0 Å². The Labute approximate surface area is 258 Å². The summed E-state index contributed by atoms with van der Waals surface area (Å²) in [7, 11) is 4.71. The molecule has 10 heteroatoms. The van der Waals surface area contributed by atoms with Gasteiger partial charge in [0.05, 0.1) is 28.4 Å². The third kappa shape index (κ3) is 5.50. The van der Waals surface area contributed by atoms with Crippen LogP contribution in [0.1, 0.15) is 55.1 Å². The second-order valence-corrected chi connectivity index (χ2v) is 11.9. The number of rotatable bonds is 9. The average Bonchev–Trinajstić information content (AvgIpc) is 3.86. The lowest BCUT2D eigenvalue weighted by atomic mass is 9.66. The molecule has 2 heterocycles. The first-order valence-electron chi connectivity index (χ1n) is 15.3. The third-order valence-electron chi connectivity index (χ3n) is 9.84. The van der Waals surface area contributed by atoms with Crippen molar-refractivity contribution in [2.75, 3.05) is 64.4 Å². The molecular weight excluding hydrogens is 564 g/mol. The van der Waals surface area contributed by atoms with E-state index < -0.39 is 53.0 Å². The number of hydrogen-bond acceptors (Lipinski definition) is 10. The fraction of sp³-hybridized carbons (Fsp3) is 0.529. The van der Waals surface area contributed by atoms with Crippen LogP contribution in [0.2, 0.25) is 0 Å². The summed E-state index contributed by atoms with van der Waals surface area (Å²) in [5.74, 6) is -7.47. The van der Waals surface area contributed by atoms with Crippen LogP contribution in [0.3, 0.4) is 0 Å². The molecule has 1 aliphatic carbocycles. The van der Waals surface area contributed by atoms with Gasteiger partial charge in [-0.3, -0.25) is 19.2 Å². The minimum Gasteiger partial charge on any atom is -0.468 e. The lowest BCUT2D eigenvalue weighted by Gasteiger charge is -2.36. The molecule has 0 bridgehead atoms. The second kappa shape index (κ2) is 13.3. The van der Waals surface area contributed by atoms with Crippen molar-refractivity contribution in [2.24, 2.45) is 17.3 Å². The molecule has 3 aliphatic rings. The minimum atomic E-state index is -1.99. The Hall–Kier alpha value is -4.08. The quantitative estimate of drug-likeness (QED) is 0.235. The zero-order chi connectivity index (χ0) is 31.4. The highest BCUT2D eigenvalue weighted by atomic mass is 16.6. The van der Waals surface area contributed by atoms with Crippen LogP contribution in [0.5, 0.6) is 0 Å². The van der Waals surface area contributed by atoms with Crippen molar-refractivity contribution in [2.45, 2.75) is 43.9 Å². The first-order chi connectivity index (χ1) is 21.3. The maximum absolute atomic E-state index is 13.8. The van der Waals surface area contributed by atoms with Crippen molar-refractivity contribution in [3.8, 4) is 0 Å². The summed E-state index contributed by atoms with van der Waals surface area (Å²) in [4.78, 5) is 59.1. The molecule has 0 amide bonds. The zero-order valence-corrected chi connectivity index (χ0v) is 26.0. The Bertz CT molecular complexity index is 1310. The highest BCUT2D eigenvalue weighted by Gasteiger charge is 2.69. The summed E-state index contributed by atoms with van der Waals surface area (Å²) < 4.78 is 20.7. The molecule has 0 N–H and O–H groups in total. The summed E-state index contributed by atoms with van der Waals surface area (Å²) in [6, 6.07) is 16.1. The van der Waals surface area contributed by atoms with Gasteiger partial charge in [0.25, 0.3) is 0 Å². The Morgan fingerprint density at radius 2 is 1.05 bits per heavy atom. The van der Waals surface area contributed by atoms with E-state index in [-0.39, 0.29) is 6.42 Å². The third-order valence-corrected chi connectivity index (χ3v) is 9.84. The van der Waals surface area contributed by atoms with E-state index in [1.54, 1.807) is 0 Å². The molecule has 2 aromatic rings. The van der Waals surface area contributed by atoms with E-state index >= 15 is 0 Å². The van der Waals surface area contributed by atoms with Crippen molar-refractivity contribution in [1.29, 1.82) is 0 Å². The topological polar surface area (TPSA) is 112 Å². The molecule has 2 aromatic carbocycles. The van der Waals surface area contributed by atoms with Gasteiger partial charge in [-0.25, -0.2) is 0 Å². The molecule has 2 saturated heterocycles. The molecular formula is C34H42N2O8. The van der Waals surface area contributed by atoms with Crippen LogP contribution in [0.15, 0.2) is 48.5 Å². The summed E-state index contributed by atoms with van der Waals surface area (Å²) in [6.07, 6.45) is 4.50. The molecule has 44 heavy (non-hydrogen) atoms. The van der Waals surface area contributed by atoms with Crippen molar-refractivity contribution >= 4 is 35.3 Å². The molecule has 2 aliphatic heterocycles. The van der Waals surface area contributed by atoms with Gasteiger partial charge in [-0.2, -0.15) is 0 Å². The fourth-order valence-electron chi connectivity index (χ4n) is 7.74. The molecule has 5 rings (SSSR count). The molecule has 3 atom stereocenters. The summed E-state index contributed by atoms with van der Waals surface area (Å²) in [5, 5.41) is 0. The lowest BCUT2D eigenvalue weighted by molar-refractivity contribution is -0.178. The van der Waals surface area contributed by atoms with Gasteiger partial charge in [0.2, 0.25) is 0 Å². The lowest BCUT2D eigenvalue weighted by Crippen LogP contribution is -2.51. The molecule has 0 radical (unpaired) electrons. The number of methoxy groups -OCH3 is 4. The minimum absolute atomic E-state index is 0.0386. The molecule has 236 valence electrons. The van der Waals surface area contributed by atoms with Crippen molar-refractivity contribution in [3.63, 3.8) is 0 Å². The molecule has 10 nitrogen and oxygen atoms in total. The molecule has 0 spiro atoms. The van der Waals surface area contributed by atoms with Crippen LogP contribution in [-0.4, -0.2) is 78.5 Å². The van der Waals surface area contributed by atoms with Gasteiger partial charge in [-0.1, -0.05) is 24.3 Å². The van der Waals surface area contributed by atoms with Crippen LogP contribution >= 0.6 is 0 Å². The van der Waals surface area contributed by atoms with Gasteiger partial charge in [0.1, 0.15) is 0 Å². The Balaban J connectivity index is 1.70. The smallest absolute Gasteiger partial charge is 0.323 e. The zero-order valence-electron chi connectivity index (χ0n) is 26.0. The van der Waals surface area contributed by atoms with Crippen LogP contribution in [0.4, 0.5) is 11.4 Å². The molecule has 3 fully saturated rings. The Kier molecular flexibility index (Phi) is 9.46. The van der Waals surface area contributed by atoms with E-state index in [4.69, 9.17) is 18.9 Å². The summed E-state index contributed by atoms with van der Waals surface area (Å²) >= 11 is 0. The number of carbonyl (C=O) groups is 4. The number of anilines is 2. The first-order valence-corrected chi connectivity index (χ1v) is 15.3. The molecule has 0 aromatic heterocycles. The Morgan fingerprint density at radius 3 is 1.43 bits per heavy atom. The normalized spacial score (nSPS) is 22.6. The van der Waals surface area contributed by atoms with Gasteiger partial charge in [0, 0.05) is 43.5 Å². The summed E-state index contributed by atoms with van der Waals surface area (Å²) in [5.41, 5.74) is 1.82. The number of ether oxygens (including phenoxy) is 4. The second-order valence-electron chi connectivity index (χ2n) is 11.9. The maximum atomic E-state index is 13.8. The number of esters is 4. The van der Waals surface area contributed by atoms with E-state index in [1.807, 2.05) is 36.4 Å². The number of hydrogen-bond donors (Lipinski definition) is 0. The highest BCUT2D eigenvalue weighted by Crippen LogP contribution is 2.62. The monoisotopic (exact) mass is 606 g/mol. The Morgan fingerprint density at radius 1 is 0.636 bits per heavy atom. The van der Waals surface area contributed by atoms with Crippen LogP contribution < -0.4 is 9.80 Å². The van der Waals surface area contributed by atoms with E-state index in [0.717, 1.165) is 74.4 Å². The van der Waals surface area contributed by atoms with E-state index in [0.29, 0.717) is 0 Å². The molecule has 1 saturated carbocycles. The standard InChI is InChI=1S/C34H42N2O8/c1-41-30(37)28(31(38)42-2)29-27(23-11-15-25(16-12-23)36-19-7-8-20-36)26(21-34(29,32(39)43-3)33(40)44-4)22-9-13-24(14-10-22)35-17-5-6-18-35/h9-16,26-29H,5-8,17-21H2,1-4H3/t26-,27-,29-/m0/s1. The number of nitrogens with zero attached hydrogens (tertiary/aromatic N) is 2. The predicted molar refractivity (Wildman–Crippen MR) is 163 cm³/mol. The SMILES string of the molecule is COC(=O)C(C(=O)OC)[C@@H]1[C@@H](c2ccc(N3CCCC3)cc2)[C@H](c2ccc(N3CCCC3)cc2)CC1(C(=O)OC)C(=O)OC. The molecule has 0 unspecified atom stereocenters. The fourth-order valence-corrected chi connectivity index (χ4v) is 7.74. The van der Waals surface area contributed by atoms with Crippen LogP contribution in [0, 0.1) is 17.3 Å². The average molecular weight is 607 g/mol. The van der Waals surface area contributed by atoms with E-state index in [9.17, 15) is 19.2 Å². The van der Waals surface area contributed by atoms with Crippen molar-refractivity contribution in [1.82, 2.24) is 0 Å². The van der Waals surface area contributed by atoms with Crippen LogP contribution in [0.25, 0.3) is 0 Å². The van der Waals surface area contributed by atoms with Crippen LogP contribution in [-0.2, 0) is 38.1 Å². The van der Waals surface area contributed by atoms with E-state index in [2.05, 4.69) is 21.9 Å².